The molecule has 3 aromatic rings. The average Bonchev–Trinajstić information content (AvgIpc) is 3.18. The summed E-state index contributed by atoms with van der Waals surface area (Å²) in [6.45, 7) is 5.06. The number of ether oxygens (including phenoxy) is 2. The third-order valence-corrected chi connectivity index (χ3v) is 6.22. The summed E-state index contributed by atoms with van der Waals surface area (Å²) < 4.78 is 11.8. The van der Waals surface area contributed by atoms with Gasteiger partial charge in [0.1, 0.15) is 6.61 Å². The van der Waals surface area contributed by atoms with Crippen LogP contribution in [0.3, 0.4) is 0 Å². The van der Waals surface area contributed by atoms with Gasteiger partial charge in [-0.2, -0.15) is 0 Å². The predicted molar refractivity (Wildman–Crippen MR) is 135 cm³/mol. The molecule has 1 atom stereocenters. The van der Waals surface area contributed by atoms with E-state index >= 15 is 0 Å². The van der Waals surface area contributed by atoms with Crippen molar-refractivity contribution in [2.45, 2.75) is 32.4 Å². The molecule has 4 rings (SSSR count). The van der Waals surface area contributed by atoms with Gasteiger partial charge in [0.05, 0.1) is 11.5 Å². The van der Waals surface area contributed by atoms with E-state index in [1.807, 2.05) is 73.7 Å². The van der Waals surface area contributed by atoms with E-state index in [9.17, 15) is 4.79 Å². The highest BCUT2D eigenvalue weighted by Crippen LogP contribution is 2.34. The number of carbonyl (C=O) groups excluding carboxylic acids is 1. The molecule has 1 fully saturated rings. The molecule has 0 aromatic heterocycles. The highest BCUT2D eigenvalue weighted by molar-refractivity contribution is 8.05. The van der Waals surface area contributed by atoms with Crippen molar-refractivity contribution in [3.05, 3.63) is 94.4 Å². The van der Waals surface area contributed by atoms with Gasteiger partial charge in [0, 0.05) is 5.69 Å². The average molecular weight is 461 g/mol. The Kier molecular flexibility index (Phi) is 7.58. The largest absolute Gasteiger partial charge is 0.490 e. The first-order valence-electron chi connectivity index (χ1n) is 11.1. The molecule has 1 saturated heterocycles. The highest BCUT2D eigenvalue weighted by atomic mass is 32.2. The Bertz CT molecular complexity index is 1110. The summed E-state index contributed by atoms with van der Waals surface area (Å²) in [5.74, 6) is 1.25. The second-order valence-corrected chi connectivity index (χ2v) is 8.74. The minimum atomic E-state index is -0.212. The maximum absolute atomic E-state index is 12.5. The van der Waals surface area contributed by atoms with Gasteiger partial charge in [-0.25, -0.2) is 0 Å². The molecule has 3 aromatic carbocycles. The molecule has 0 bridgehead atoms. The highest BCUT2D eigenvalue weighted by Gasteiger charge is 2.27. The SMILES string of the molecule is CCOc1cc(/C=C2\S[C@@H](Nc3ccc(CC)cc3)NC2=O)ccc1OCc1ccccc1. The number of carbonyl (C=O) groups is 1. The lowest BCUT2D eigenvalue weighted by atomic mass is 10.1. The number of rotatable bonds is 9. The molecule has 1 aliphatic heterocycles. The normalized spacial score (nSPS) is 16.5. The third kappa shape index (κ3) is 6.11. The van der Waals surface area contributed by atoms with E-state index in [0.717, 1.165) is 23.2 Å². The standard InChI is InChI=1S/C27H28N2O3S/c1-3-19-10-13-22(14-11-19)28-27-29-26(30)25(33-27)17-21-12-15-23(24(16-21)31-4-2)32-18-20-8-6-5-7-9-20/h5-17,27-28H,3-4,18H2,1-2H3,(H,29,30)/b25-17-/t27-/m0/s1. The fourth-order valence-corrected chi connectivity index (χ4v) is 4.43. The smallest absolute Gasteiger partial charge is 0.260 e. The fourth-order valence-electron chi connectivity index (χ4n) is 3.44. The van der Waals surface area contributed by atoms with Gasteiger partial charge in [0.15, 0.2) is 17.0 Å². The van der Waals surface area contributed by atoms with Crippen molar-refractivity contribution in [3.63, 3.8) is 0 Å². The zero-order chi connectivity index (χ0) is 23.0. The Morgan fingerprint density at radius 1 is 0.939 bits per heavy atom. The van der Waals surface area contributed by atoms with Crippen LogP contribution in [0.15, 0.2) is 77.7 Å². The number of hydrogen-bond donors (Lipinski definition) is 2. The fraction of sp³-hybridized carbons (Fsp3) is 0.222. The monoisotopic (exact) mass is 460 g/mol. The van der Waals surface area contributed by atoms with Gasteiger partial charge in [-0.3, -0.25) is 4.79 Å². The van der Waals surface area contributed by atoms with Crippen molar-refractivity contribution in [1.82, 2.24) is 5.32 Å². The van der Waals surface area contributed by atoms with Crippen LogP contribution in [0, 0.1) is 0 Å². The maximum atomic E-state index is 12.5. The Hall–Kier alpha value is -3.38. The first-order valence-corrected chi connectivity index (χ1v) is 12.0. The lowest BCUT2D eigenvalue weighted by Gasteiger charge is -2.13. The molecule has 6 heteroatoms. The minimum absolute atomic E-state index is 0.0926. The zero-order valence-corrected chi connectivity index (χ0v) is 19.7. The van der Waals surface area contributed by atoms with Crippen molar-refractivity contribution in [2.24, 2.45) is 0 Å². The van der Waals surface area contributed by atoms with E-state index in [0.29, 0.717) is 29.6 Å². The number of hydrogen-bond acceptors (Lipinski definition) is 5. The van der Waals surface area contributed by atoms with Crippen molar-refractivity contribution in [1.29, 1.82) is 0 Å². The number of thioether (sulfide) groups is 1. The van der Waals surface area contributed by atoms with E-state index in [1.165, 1.54) is 17.3 Å². The van der Waals surface area contributed by atoms with Gasteiger partial charge in [0.25, 0.3) is 5.91 Å². The number of anilines is 1. The molecular formula is C27H28N2O3S. The van der Waals surface area contributed by atoms with E-state index in [2.05, 4.69) is 29.7 Å². The minimum Gasteiger partial charge on any atom is -0.490 e. The van der Waals surface area contributed by atoms with Crippen LogP contribution in [-0.4, -0.2) is 18.0 Å². The molecule has 0 aliphatic carbocycles. The van der Waals surface area contributed by atoms with Crippen molar-refractivity contribution < 1.29 is 14.3 Å². The van der Waals surface area contributed by atoms with Gasteiger partial charge in [-0.05, 0) is 60.4 Å². The summed E-state index contributed by atoms with van der Waals surface area (Å²) in [5, 5.41) is 6.34. The van der Waals surface area contributed by atoms with Gasteiger partial charge in [0.2, 0.25) is 0 Å². The summed E-state index contributed by atoms with van der Waals surface area (Å²) in [6, 6.07) is 24.0. The van der Waals surface area contributed by atoms with Crippen LogP contribution < -0.4 is 20.1 Å². The summed E-state index contributed by atoms with van der Waals surface area (Å²) in [6.07, 6.45) is 2.88. The lowest BCUT2D eigenvalue weighted by molar-refractivity contribution is -0.116. The molecule has 0 unspecified atom stereocenters. The van der Waals surface area contributed by atoms with E-state index in [4.69, 9.17) is 9.47 Å². The number of amides is 1. The first-order chi connectivity index (χ1) is 16.1. The van der Waals surface area contributed by atoms with E-state index < -0.39 is 0 Å². The molecule has 2 N–H and O–H groups in total. The number of nitrogens with one attached hydrogen (secondary N) is 2. The summed E-state index contributed by atoms with van der Waals surface area (Å²) in [4.78, 5) is 13.2. The van der Waals surface area contributed by atoms with Gasteiger partial charge in [-0.15, -0.1) is 0 Å². The van der Waals surface area contributed by atoms with Crippen LogP contribution >= 0.6 is 11.8 Å². The Morgan fingerprint density at radius 2 is 1.73 bits per heavy atom. The molecule has 0 saturated carbocycles. The van der Waals surface area contributed by atoms with Crippen LogP contribution in [0.5, 0.6) is 11.5 Å². The second kappa shape index (κ2) is 11.0. The van der Waals surface area contributed by atoms with Gasteiger partial charge in [-0.1, -0.05) is 67.2 Å². The molecule has 0 spiro atoms. The molecule has 33 heavy (non-hydrogen) atoms. The Balaban J connectivity index is 1.44. The Morgan fingerprint density at radius 3 is 2.45 bits per heavy atom. The zero-order valence-electron chi connectivity index (χ0n) is 18.8. The Labute approximate surface area is 199 Å². The van der Waals surface area contributed by atoms with Crippen LogP contribution in [0.25, 0.3) is 6.08 Å². The maximum Gasteiger partial charge on any atom is 0.260 e. The van der Waals surface area contributed by atoms with Crippen molar-refractivity contribution in [3.8, 4) is 11.5 Å². The second-order valence-electron chi connectivity index (χ2n) is 7.59. The topological polar surface area (TPSA) is 59.6 Å². The third-order valence-electron chi connectivity index (χ3n) is 5.19. The summed E-state index contributed by atoms with van der Waals surface area (Å²) in [5.41, 5.74) is 4.02. The molecule has 1 heterocycles. The predicted octanol–water partition coefficient (Wildman–Crippen LogP) is 5.83. The molecule has 1 aliphatic rings. The van der Waals surface area contributed by atoms with E-state index in [-0.39, 0.29) is 11.4 Å². The van der Waals surface area contributed by atoms with E-state index in [1.54, 1.807) is 0 Å². The molecule has 1 amide bonds. The quantitative estimate of drug-likeness (QED) is 0.394. The molecule has 170 valence electrons. The van der Waals surface area contributed by atoms with Gasteiger partial charge >= 0.3 is 0 Å². The summed E-state index contributed by atoms with van der Waals surface area (Å²) >= 11 is 1.47. The van der Waals surface area contributed by atoms with Crippen molar-refractivity contribution in [2.75, 3.05) is 11.9 Å². The lowest BCUT2D eigenvalue weighted by Crippen LogP contribution is -2.30. The number of aryl methyl sites for hydroxylation is 1. The number of benzene rings is 3. The van der Waals surface area contributed by atoms with Crippen LogP contribution in [0.1, 0.15) is 30.5 Å². The van der Waals surface area contributed by atoms with Gasteiger partial charge < -0.3 is 20.1 Å². The van der Waals surface area contributed by atoms with Crippen LogP contribution in [0.4, 0.5) is 5.69 Å². The first kappa shape index (κ1) is 22.8. The molecular weight excluding hydrogens is 432 g/mol. The molecule has 0 radical (unpaired) electrons. The molecule has 5 nitrogen and oxygen atoms in total. The van der Waals surface area contributed by atoms with Crippen molar-refractivity contribution >= 4 is 29.4 Å². The van der Waals surface area contributed by atoms with Crippen LogP contribution in [0.2, 0.25) is 0 Å². The summed E-state index contributed by atoms with van der Waals surface area (Å²) in [7, 11) is 0. The van der Waals surface area contributed by atoms with Crippen LogP contribution in [-0.2, 0) is 17.8 Å².